The summed E-state index contributed by atoms with van der Waals surface area (Å²) < 4.78 is 38.3. The summed E-state index contributed by atoms with van der Waals surface area (Å²) in [4.78, 5) is 0. The molecule has 2 rings (SSSR count). The minimum absolute atomic E-state index is 0.0420. The fourth-order valence-corrected chi connectivity index (χ4v) is 1.75. The van der Waals surface area contributed by atoms with Gasteiger partial charge in [0.1, 0.15) is 0 Å². The largest absolute Gasteiger partial charge is 0.310 e. The molecule has 1 aliphatic heterocycles. The van der Waals surface area contributed by atoms with Gasteiger partial charge in [0, 0.05) is 6.04 Å². The molecule has 76 valence electrons. The van der Waals surface area contributed by atoms with Gasteiger partial charge >= 0.3 is 0 Å². The Kier molecular flexibility index (Phi) is 2.46. The van der Waals surface area contributed by atoms with Gasteiger partial charge in [-0.15, -0.1) is 0 Å². The highest BCUT2D eigenvalue weighted by Gasteiger charge is 2.19. The molecule has 1 nitrogen and oxygen atoms in total. The quantitative estimate of drug-likeness (QED) is 0.688. The van der Waals surface area contributed by atoms with E-state index in [4.69, 9.17) is 0 Å². The maximum Gasteiger partial charge on any atom is 0.194 e. The number of rotatable bonds is 1. The van der Waals surface area contributed by atoms with Crippen LogP contribution in [0.5, 0.6) is 0 Å². The second kappa shape index (κ2) is 3.61. The van der Waals surface area contributed by atoms with E-state index in [-0.39, 0.29) is 6.04 Å². The van der Waals surface area contributed by atoms with Crippen molar-refractivity contribution in [2.75, 3.05) is 6.54 Å². The minimum Gasteiger partial charge on any atom is -0.310 e. The maximum absolute atomic E-state index is 12.9. The van der Waals surface area contributed by atoms with Gasteiger partial charge in [0.25, 0.3) is 0 Å². The molecule has 1 aromatic carbocycles. The third kappa shape index (κ3) is 1.62. The molecule has 1 heterocycles. The molecular formula is C10H10F3N. The van der Waals surface area contributed by atoms with Crippen molar-refractivity contribution in [3.63, 3.8) is 0 Å². The average Bonchev–Trinajstić information content (AvgIpc) is 2.66. The summed E-state index contributed by atoms with van der Waals surface area (Å²) >= 11 is 0. The van der Waals surface area contributed by atoms with E-state index in [1.54, 1.807) is 0 Å². The molecule has 4 heteroatoms. The van der Waals surface area contributed by atoms with Crippen molar-refractivity contribution < 1.29 is 13.2 Å². The maximum atomic E-state index is 12.9. The number of benzene rings is 1. The van der Waals surface area contributed by atoms with Crippen LogP contribution in [0.2, 0.25) is 0 Å². The van der Waals surface area contributed by atoms with Crippen molar-refractivity contribution in [3.05, 3.63) is 35.1 Å². The van der Waals surface area contributed by atoms with Gasteiger partial charge < -0.3 is 5.32 Å². The SMILES string of the molecule is Fc1cc([C@H]2CCCN2)cc(F)c1F. The van der Waals surface area contributed by atoms with Crippen molar-refractivity contribution >= 4 is 0 Å². The number of nitrogens with one attached hydrogen (secondary N) is 1. The Labute approximate surface area is 79.9 Å². The first-order chi connectivity index (χ1) is 6.68. The van der Waals surface area contributed by atoms with Crippen LogP contribution in [0, 0.1) is 17.5 Å². The van der Waals surface area contributed by atoms with E-state index in [9.17, 15) is 13.2 Å². The lowest BCUT2D eigenvalue weighted by Gasteiger charge is -2.10. The molecule has 0 aromatic heterocycles. The predicted octanol–water partition coefficient (Wildman–Crippen LogP) is 2.53. The Bertz CT molecular complexity index is 322. The smallest absolute Gasteiger partial charge is 0.194 e. The van der Waals surface area contributed by atoms with Gasteiger partial charge in [0.05, 0.1) is 0 Å². The summed E-state index contributed by atoms with van der Waals surface area (Å²) in [5, 5.41) is 3.09. The Morgan fingerprint density at radius 1 is 1.14 bits per heavy atom. The molecule has 1 aromatic rings. The molecule has 1 aliphatic rings. The second-order valence-electron chi connectivity index (χ2n) is 3.45. The highest BCUT2D eigenvalue weighted by Crippen LogP contribution is 2.25. The van der Waals surface area contributed by atoms with Crippen molar-refractivity contribution in [3.8, 4) is 0 Å². The Balaban J connectivity index is 2.34. The van der Waals surface area contributed by atoms with Crippen LogP contribution in [0.15, 0.2) is 12.1 Å². The van der Waals surface area contributed by atoms with Crippen molar-refractivity contribution in [1.29, 1.82) is 0 Å². The number of halogens is 3. The van der Waals surface area contributed by atoms with Crippen LogP contribution in [0.25, 0.3) is 0 Å². The van der Waals surface area contributed by atoms with Crippen LogP contribution in [-0.2, 0) is 0 Å². The number of hydrogen-bond donors (Lipinski definition) is 1. The lowest BCUT2D eigenvalue weighted by atomic mass is 10.1. The van der Waals surface area contributed by atoms with Gasteiger partial charge in [-0.2, -0.15) is 0 Å². The summed E-state index contributed by atoms with van der Waals surface area (Å²) in [6.45, 7) is 0.839. The fraction of sp³-hybridized carbons (Fsp3) is 0.400. The van der Waals surface area contributed by atoms with Gasteiger partial charge in [-0.05, 0) is 37.1 Å². The fourth-order valence-electron chi connectivity index (χ4n) is 1.75. The molecule has 1 fully saturated rings. The molecule has 14 heavy (non-hydrogen) atoms. The lowest BCUT2D eigenvalue weighted by Crippen LogP contribution is -2.13. The monoisotopic (exact) mass is 201 g/mol. The highest BCUT2D eigenvalue weighted by atomic mass is 19.2. The molecule has 0 aliphatic carbocycles. The summed E-state index contributed by atoms with van der Waals surface area (Å²) in [7, 11) is 0. The van der Waals surface area contributed by atoms with E-state index in [0.29, 0.717) is 5.56 Å². The van der Waals surface area contributed by atoms with Crippen LogP contribution in [0.3, 0.4) is 0 Å². The topological polar surface area (TPSA) is 12.0 Å². The van der Waals surface area contributed by atoms with E-state index in [2.05, 4.69) is 5.32 Å². The van der Waals surface area contributed by atoms with Crippen molar-refractivity contribution in [1.82, 2.24) is 5.32 Å². The molecule has 0 amide bonds. The molecule has 0 unspecified atom stereocenters. The molecule has 1 atom stereocenters. The van der Waals surface area contributed by atoms with Crippen molar-refractivity contribution in [2.24, 2.45) is 0 Å². The van der Waals surface area contributed by atoms with Gasteiger partial charge in [-0.3, -0.25) is 0 Å². The third-order valence-corrected chi connectivity index (χ3v) is 2.47. The molecule has 1 saturated heterocycles. The molecule has 0 radical (unpaired) electrons. The van der Waals surface area contributed by atoms with Gasteiger partial charge in [0.15, 0.2) is 17.5 Å². The normalized spacial score (nSPS) is 21.5. The van der Waals surface area contributed by atoms with Gasteiger partial charge in [-0.25, -0.2) is 13.2 Å². The van der Waals surface area contributed by atoms with E-state index in [1.807, 2.05) is 0 Å². The summed E-state index contributed by atoms with van der Waals surface area (Å²) in [6, 6.07) is 2.07. The predicted molar refractivity (Wildman–Crippen MR) is 46.3 cm³/mol. The zero-order valence-corrected chi connectivity index (χ0v) is 7.49. The van der Waals surface area contributed by atoms with Crippen molar-refractivity contribution in [2.45, 2.75) is 18.9 Å². The van der Waals surface area contributed by atoms with Gasteiger partial charge in [0.2, 0.25) is 0 Å². The Morgan fingerprint density at radius 2 is 1.79 bits per heavy atom. The average molecular weight is 201 g/mol. The molecule has 1 N–H and O–H groups in total. The lowest BCUT2D eigenvalue weighted by molar-refractivity contribution is 0.442. The zero-order valence-electron chi connectivity index (χ0n) is 7.49. The summed E-state index contributed by atoms with van der Waals surface area (Å²) in [5.41, 5.74) is 0.485. The van der Waals surface area contributed by atoms with Gasteiger partial charge in [-0.1, -0.05) is 0 Å². The Hall–Kier alpha value is -1.03. The first-order valence-electron chi connectivity index (χ1n) is 4.56. The van der Waals surface area contributed by atoms with E-state index >= 15 is 0 Å². The molecular weight excluding hydrogens is 191 g/mol. The van der Waals surface area contributed by atoms with Crippen LogP contribution >= 0.6 is 0 Å². The first-order valence-corrected chi connectivity index (χ1v) is 4.56. The molecule has 0 bridgehead atoms. The van der Waals surface area contributed by atoms with Crippen LogP contribution in [0.4, 0.5) is 13.2 Å². The van der Waals surface area contributed by atoms with E-state index in [1.165, 1.54) is 0 Å². The van der Waals surface area contributed by atoms with Crippen LogP contribution in [-0.4, -0.2) is 6.54 Å². The molecule has 0 spiro atoms. The highest BCUT2D eigenvalue weighted by molar-refractivity contribution is 5.23. The van der Waals surface area contributed by atoms with E-state index < -0.39 is 17.5 Å². The van der Waals surface area contributed by atoms with Crippen LogP contribution in [0.1, 0.15) is 24.4 Å². The molecule has 0 saturated carbocycles. The first kappa shape index (κ1) is 9.52. The van der Waals surface area contributed by atoms with Crippen LogP contribution < -0.4 is 5.32 Å². The number of hydrogen-bond acceptors (Lipinski definition) is 1. The zero-order chi connectivity index (χ0) is 10.1. The third-order valence-electron chi connectivity index (χ3n) is 2.47. The summed E-state index contributed by atoms with van der Waals surface area (Å²) in [5.74, 6) is -3.63. The van der Waals surface area contributed by atoms with E-state index in [0.717, 1.165) is 31.5 Å². The standard InChI is InChI=1S/C10H10F3N/c11-7-4-6(5-8(12)10(7)13)9-2-1-3-14-9/h4-5,9,14H,1-3H2/t9-/m1/s1. The summed E-state index contributed by atoms with van der Waals surface area (Å²) in [6.07, 6.45) is 1.82. The Morgan fingerprint density at radius 3 is 2.29 bits per heavy atom. The second-order valence-corrected chi connectivity index (χ2v) is 3.45. The minimum atomic E-state index is -1.40.